The van der Waals surface area contributed by atoms with Gasteiger partial charge in [-0.2, -0.15) is 0 Å². The van der Waals surface area contributed by atoms with Crippen LogP contribution in [0.25, 0.3) is 55.3 Å². The molecular formula is C40H40N6O4. The summed E-state index contributed by atoms with van der Waals surface area (Å²) >= 11 is 0. The molecule has 0 radical (unpaired) electrons. The number of carboxylic acid groups (broad SMARTS) is 1. The zero-order chi connectivity index (χ0) is 34.6. The molecule has 2 atom stereocenters. The Bertz CT molecular complexity index is 2230. The van der Waals surface area contributed by atoms with Gasteiger partial charge in [-0.1, -0.05) is 54.6 Å². The van der Waals surface area contributed by atoms with Crippen LogP contribution >= 0.6 is 0 Å². The van der Waals surface area contributed by atoms with Gasteiger partial charge in [-0.3, -0.25) is 9.80 Å². The van der Waals surface area contributed by atoms with E-state index in [4.69, 9.17) is 9.72 Å². The molecule has 0 bridgehead atoms. The summed E-state index contributed by atoms with van der Waals surface area (Å²) in [5.41, 5.74) is 7.56. The van der Waals surface area contributed by atoms with Crippen LogP contribution in [0.15, 0.2) is 85.1 Å². The number of nitrogens with zero attached hydrogens (tertiary/aromatic N) is 4. The predicted molar refractivity (Wildman–Crippen MR) is 194 cm³/mol. The van der Waals surface area contributed by atoms with Crippen molar-refractivity contribution in [2.75, 3.05) is 13.1 Å². The molecule has 6 aromatic rings. The van der Waals surface area contributed by atoms with Gasteiger partial charge in [-0.05, 0) is 109 Å². The highest BCUT2D eigenvalue weighted by Gasteiger charge is 2.35. The average Bonchev–Trinajstić information content (AvgIpc) is 3.92. The third-order valence-corrected chi connectivity index (χ3v) is 9.81. The number of aromatic amines is 2. The number of hydrogen-bond donors (Lipinski definition) is 3. The first-order valence-corrected chi connectivity index (χ1v) is 17.3. The second-order valence-corrected chi connectivity index (χ2v) is 14.4. The number of likely N-dealkylation sites (tertiary alicyclic amines) is 2. The molecule has 8 rings (SSSR count). The Kier molecular flexibility index (Phi) is 7.81. The average molecular weight is 669 g/mol. The molecule has 0 aliphatic carbocycles. The van der Waals surface area contributed by atoms with Crippen molar-refractivity contribution in [2.24, 2.45) is 0 Å². The van der Waals surface area contributed by atoms with Crippen molar-refractivity contribution in [3.63, 3.8) is 0 Å². The lowest BCUT2D eigenvalue weighted by Crippen LogP contribution is -2.36. The van der Waals surface area contributed by atoms with E-state index in [1.807, 2.05) is 26.8 Å². The van der Waals surface area contributed by atoms with Gasteiger partial charge in [0.15, 0.2) is 0 Å². The molecule has 3 N–H and O–H groups in total. The zero-order valence-electron chi connectivity index (χ0n) is 28.4. The number of carbonyl (C=O) groups is 2. The van der Waals surface area contributed by atoms with Gasteiger partial charge in [-0.15, -0.1) is 0 Å². The van der Waals surface area contributed by atoms with Crippen molar-refractivity contribution in [3.8, 4) is 33.5 Å². The highest BCUT2D eigenvalue weighted by atomic mass is 16.6. The SMILES string of the molecule is CC(C)(C)OC(=O)N1CCCC1c1nc2ccc(-c3ccc4ccc(-c5ccc(-c6cnc(C7CCCN7C(=O)O)[nH]6)cc5)cc4c3)cc2[nH]1. The Morgan fingerprint density at radius 1 is 0.740 bits per heavy atom. The molecule has 10 nitrogen and oxygen atoms in total. The molecule has 50 heavy (non-hydrogen) atoms. The van der Waals surface area contributed by atoms with E-state index in [0.29, 0.717) is 18.9 Å². The molecule has 2 fully saturated rings. The smallest absolute Gasteiger partial charge is 0.410 e. The lowest BCUT2D eigenvalue weighted by Gasteiger charge is -2.27. The highest BCUT2D eigenvalue weighted by Crippen LogP contribution is 2.36. The van der Waals surface area contributed by atoms with Gasteiger partial charge < -0.3 is 19.8 Å². The van der Waals surface area contributed by atoms with E-state index in [1.165, 1.54) is 4.90 Å². The second-order valence-electron chi connectivity index (χ2n) is 14.4. The number of imidazole rings is 2. The highest BCUT2D eigenvalue weighted by molar-refractivity contribution is 5.92. The monoisotopic (exact) mass is 668 g/mol. The van der Waals surface area contributed by atoms with E-state index >= 15 is 0 Å². The summed E-state index contributed by atoms with van der Waals surface area (Å²) in [4.78, 5) is 44.0. The standard InChI is InChI=1S/C40H40N6O4/c1-40(2,3)50-39(49)46-19-5-7-35(46)37-42-31-17-16-29(22-32(31)43-37)28-15-11-25-10-14-27(20-30(25)21-28)24-8-12-26(13-9-24)33-23-41-36(44-33)34-6-4-18-45(34)38(47)48/h8-17,20-23,34-35H,4-7,18-19H2,1-3H3,(H,41,44)(H,42,43)(H,47,48). The van der Waals surface area contributed by atoms with Crippen LogP contribution in [0.2, 0.25) is 0 Å². The van der Waals surface area contributed by atoms with Gasteiger partial charge in [0.25, 0.3) is 0 Å². The number of benzene rings is 4. The molecule has 10 heteroatoms. The Morgan fingerprint density at radius 3 is 2.04 bits per heavy atom. The van der Waals surface area contributed by atoms with Crippen LogP contribution in [-0.4, -0.2) is 65.7 Å². The molecule has 0 spiro atoms. The first-order chi connectivity index (χ1) is 24.1. The number of hydrogen-bond acceptors (Lipinski definition) is 5. The molecule has 2 saturated heterocycles. The first kappa shape index (κ1) is 31.6. The third kappa shape index (κ3) is 6.06. The molecule has 2 aromatic heterocycles. The Morgan fingerprint density at radius 2 is 1.34 bits per heavy atom. The molecular weight excluding hydrogens is 628 g/mol. The van der Waals surface area contributed by atoms with Crippen molar-refractivity contribution in [2.45, 2.75) is 64.1 Å². The third-order valence-electron chi connectivity index (χ3n) is 9.81. The maximum Gasteiger partial charge on any atom is 0.410 e. The number of ether oxygens (including phenoxy) is 1. The van der Waals surface area contributed by atoms with Crippen LogP contribution in [0.5, 0.6) is 0 Å². The van der Waals surface area contributed by atoms with Crippen molar-refractivity contribution in [1.82, 2.24) is 29.7 Å². The number of aromatic nitrogens is 4. The van der Waals surface area contributed by atoms with Crippen molar-refractivity contribution < 1.29 is 19.4 Å². The van der Waals surface area contributed by atoms with Gasteiger partial charge in [0.2, 0.25) is 0 Å². The van der Waals surface area contributed by atoms with E-state index in [2.05, 4.69) is 87.7 Å². The minimum absolute atomic E-state index is 0.132. The maximum atomic E-state index is 12.9. The summed E-state index contributed by atoms with van der Waals surface area (Å²) in [6, 6.07) is 27.3. The summed E-state index contributed by atoms with van der Waals surface area (Å²) in [6.45, 7) is 6.86. The quantitative estimate of drug-likeness (QED) is 0.168. The Labute approximate surface area is 290 Å². The van der Waals surface area contributed by atoms with E-state index in [-0.39, 0.29) is 18.2 Å². The fourth-order valence-electron chi connectivity index (χ4n) is 7.34. The number of rotatable bonds is 5. The summed E-state index contributed by atoms with van der Waals surface area (Å²) in [5.74, 6) is 1.49. The zero-order valence-corrected chi connectivity index (χ0v) is 28.4. The number of nitrogens with one attached hydrogen (secondary N) is 2. The summed E-state index contributed by atoms with van der Waals surface area (Å²) in [7, 11) is 0. The lowest BCUT2D eigenvalue weighted by molar-refractivity contribution is 0.0219. The number of H-pyrrole nitrogens is 2. The number of carbonyl (C=O) groups excluding carboxylic acids is 1. The second kappa shape index (κ2) is 12.4. The molecule has 2 unspecified atom stereocenters. The maximum absolute atomic E-state index is 12.9. The Hall–Kier alpha value is -5.64. The fraction of sp³-hybridized carbons (Fsp3) is 0.300. The summed E-state index contributed by atoms with van der Waals surface area (Å²) in [6.07, 6.45) is 3.96. The normalized spacial score (nSPS) is 18.0. The van der Waals surface area contributed by atoms with Gasteiger partial charge in [0, 0.05) is 13.1 Å². The van der Waals surface area contributed by atoms with E-state index in [0.717, 1.165) is 86.8 Å². The molecule has 2 aliphatic rings. The van der Waals surface area contributed by atoms with Crippen LogP contribution in [0, 0.1) is 0 Å². The summed E-state index contributed by atoms with van der Waals surface area (Å²) in [5, 5.41) is 11.8. The van der Waals surface area contributed by atoms with Crippen molar-refractivity contribution in [3.05, 3.63) is 96.7 Å². The van der Waals surface area contributed by atoms with E-state index in [1.54, 1.807) is 11.1 Å². The van der Waals surface area contributed by atoms with Gasteiger partial charge in [-0.25, -0.2) is 19.6 Å². The van der Waals surface area contributed by atoms with Crippen LogP contribution in [-0.2, 0) is 4.74 Å². The molecule has 0 saturated carbocycles. The summed E-state index contributed by atoms with van der Waals surface area (Å²) < 4.78 is 5.67. The lowest BCUT2D eigenvalue weighted by atomic mass is 9.97. The predicted octanol–water partition coefficient (Wildman–Crippen LogP) is 9.33. The number of amides is 2. The van der Waals surface area contributed by atoms with Gasteiger partial charge >= 0.3 is 12.2 Å². The fourth-order valence-corrected chi connectivity index (χ4v) is 7.34. The van der Waals surface area contributed by atoms with Gasteiger partial charge in [0.05, 0.1) is 35.0 Å². The Balaban J connectivity index is 1.02. The molecule has 4 aromatic carbocycles. The van der Waals surface area contributed by atoms with E-state index < -0.39 is 11.7 Å². The molecule has 254 valence electrons. The van der Waals surface area contributed by atoms with Crippen LogP contribution < -0.4 is 0 Å². The molecule has 4 heterocycles. The van der Waals surface area contributed by atoms with Crippen LogP contribution in [0.3, 0.4) is 0 Å². The van der Waals surface area contributed by atoms with Crippen LogP contribution in [0.4, 0.5) is 9.59 Å². The largest absolute Gasteiger partial charge is 0.465 e. The van der Waals surface area contributed by atoms with Gasteiger partial charge in [0.1, 0.15) is 17.2 Å². The van der Waals surface area contributed by atoms with E-state index in [9.17, 15) is 14.7 Å². The minimum atomic E-state index is -0.904. The topological polar surface area (TPSA) is 127 Å². The number of fused-ring (bicyclic) bond motifs is 2. The van der Waals surface area contributed by atoms with Crippen LogP contribution in [0.1, 0.15) is 70.2 Å². The minimum Gasteiger partial charge on any atom is -0.465 e. The first-order valence-electron chi connectivity index (χ1n) is 17.3. The van der Waals surface area contributed by atoms with Crippen molar-refractivity contribution >= 4 is 34.0 Å². The molecule has 2 amide bonds. The van der Waals surface area contributed by atoms with Crippen molar-refractivity contribution in [1.29, 1.82) is 0 Å². The molecule has 2 aliphatic heterocycles.